The molecule has 7 heteroatoms. The second-order valence-electron chi connectivity index (χ2n) is 6.35. The Balaban J connectivity index is 1.75. The number of anilines is 1. The van der Waals surface area contributed by atoms with Crippen LogP contribution in [0.5, 0.6) is 0 Å². The molecule has 3 rings (SSSR count). The van der Waals surface area contributed by atoms with Gasteiger partial charge in [0, 0.05) is 37.4 Å². The number of amides is 1. The number of nitro benzene ring substituents is 1. The van der Waals surface area contributed by atoms with Gasteiger partial charge in [-0.1, -0.05) is 0 Å². The summed E-state index contributed by atoms with van der Waals surface area (Å²) in [6.07, 6.45) is 3.92. The molecule has 0 spiro atoms. The zero-order valence-electron chi connectivity index (χ0n) is 13.9. The van der Waals surface area contributed by atoms with Crippen molar-refractivity contribution in [2.45, 2.75) is 44.8 Å². The smallest absolute Gasteiger partial charge is 0.293 e. The van der Waals surface area contributed by atoms with E-state index >= 15 is 0 Å². The summed E-state index contributed by atoms with van der Waals surface area (Å²) in [7, 11) is 0. The van der Waals surface area contributed by atoms with E-state index in [2.05, 4.69) is 5.32 Å². The van der Waals surface area contributed by atoms with Crippen LogP contribution in [-0.4, -0.2) is 42.7 Å². The van der Waals surface area contributed by atoms with E-state index in [1.165, 1.54) is 6.07 Å². The average Bonchev–Trinajstić information content (AvgIpc) is 3.39. The Morgan fingerprint density at radius 2 is 2.04 bits per heavy atom. The first-order valence-corrected chi connectivity index (χ1v) is 8.54. The van der Waals surface area contributed by atoms with Crippen molar-refractivity contribution in [3.05, 3.63) is 33.9 Å². The molecule has 1 saturated carbocycles. The number of hydrogen-bond acceptors (Lipinski definition) is 5. The molecule has 0 aromatic heterocycles. The van der Waals surface area contributed by atoms with Crippen molar-refractivity contribution in [3.8, 4) is 0 Å². The van der Waals surface area contributed by atoms with Crippen molar-refractivity contribution >= 4 is 17.3 Å². The summed E-state index contributed by atoms with van der Waals surface area (Å²) in [5.41, 5.74) is 0.924. The monoisotopic (exact) mass is 333 g/mol. The fourth-order valence-corrected chi connectivity index (χ4v) is 3.07. The zero-order valence-corrected chi connectivity index (χ0v) is 13.9. The van der Waals surface area contributed by atoms with Gasteiger partial charge in [-0.3, -0.25) is 14.9 Å². The van der Waals surface area contributed by atoms with Gasteiger partial charge in [-0.15, -0.1) is 0 Å². The van der Waals surface area contributed by atoms with Crippen molar-refractivity contribution in [2.24, 2.45) is 0 Å². The molecule has 0 unspecified atom stereocenters. The SMILES string of the molecule is CCOC1CCN(c2ccc(C(=O)NC3CC3)cc2[N+](=O)[O-])CC1. The van der Waals surface area contributed by atoms with Gasteiger partial charge in [0.25, 0.3) is 11.6 Å². The Labute approximate surface area is 141 Å². The number of nitrogens with zero attached hydrogens (tertiary/aromatic N) is 2. The Kier molecular flexibility index (Phi) is 4.99. The van der Waals surface area contributed by atoms with E-state index in [-0.39, 0.29) is 23.7 Å². The van der Waals surface area contributed by atoms with Crippen LogP contribution >= 0.6 is 0 Å². The summed E-state index contributed by atoms with van der Waals surface area (Å²) < 4.78 is 5.62. The lowest BCUT2D eigenvalue weighted by molar-refractivity contribution is -0.384. The number of ether oxygens (including phenoxy) is 1. The highest BCUT2D eigenvalue weighted by atomic mass is 16.6. The van der Waals surface area contributed by atoms with Crippen LogP contribution in [0.25, 0.3) is 0 Å². The Bertz CT molecular complexity index is 622. The van der Waals surface area contributed by atoms with Gasteiger partial charge < -0.3 is 15.0 Å². The highest BCUT2D eigenvalue weighted by Gasteiger charge is 2.28. The van der Waals surface area contributed by atoms with E-state index in [4.69, 9.17) is 4.74 Å². The molecule has 130 valence electrons. The van der Waals surface area contributed by atoms with Crippen LogP contribution in [0, 0.1) is 10.1 Å². The summed E-state index contributed by atoms with van der Waals surface area (Å²) in [6, 6.07) is 4.99. The van der Waals surface area contributed by atoms with Gasteiger partial charge in [-0.25, -0.2) is 0 Å². The molecule has 1 saturated heterocycles. The summed E-state index contributed by atoms with van der Waals surface area (Å²) in [5.74, 6) is -0.234. The normalized spacial score (nSPS) is 18.5. The van der Waals surface area contributed by atoms with Crippen molar-refractivity contribution in [1.82, 2.24) is 5.32 Å². The Morgan fingerprint density at radius 3 is 2.62 bits per heavy atom. The minimum atomic E-state index is -0.405. The van der Waals surface area contributed by atoms with Crippen LogP contribution in [0.2, 0.25) is 0 Å². The van der Waals surface area contributed by atoms with Gasteiger partial charge >= 0.3 is 0 Å². The van der Waals surface area contributed by atoms with Crippen LogP contribution in [0.3, 0.4) is 0 Å². The quantitative estimate of drug-likeness (QED) is 0.638. The average molecular weight is 333 g/mol. The molecule has 1 aliphatic heterocycles. The molecule has 1 amide bonds. The minimum absolute atomic E-state index is 0.00620. The fourth-order valence-electron chi connectivity index (χ4n) is 3.07. The van der Waals surface area contributed by atoms with Gasteiger partial charge in [0.1, 0.15) is 5.69 Å². The fraction of sp³-hybridized carbons (Fsp3) is 0.588. The molecule has 0 bridgehead atoms. The topological polar surface area (TPSA) is 84.7 Å². The second kappa shape index (κ2) is 7.17. The summed E-state index contributed by atoms with van der Waals surface area (Å²) in [4.78, 5) is 25.2. The summed E-state index contributed by atoms with van der Waals surface area (Å²) in [6.45, 7) is 4.11. The Morgan fingerprint density at radius 1 is 1.33 bits per heavy atom. The number of benzene rings is 1. The highest BCUT2D eigenvalue weighted by molar-refractivity contribution is 5.96. The van der Waals surface area contributed by atoms with Crippen LogP contribution in [0.1, 0.15) is 43.0 Å². The molecular weight excluding hydrogens is 310 g/mol. The maximum atomic E-state index is 12.1. The van der Waals surface area contributed by atoms with E-state index in [9.17, 15) is 14.9 Å². The molecule has 0 atom stereocenters. The summed E-state index contributed by atoms with van der Waals surface area (Å²) in [5, 5.41) is 14.3. The number of carbonyl (C=O) groups excluding carboxylic acids is 1. The minimum Gasteiger partial charge on any atom is -0.378 e. The lowest BCUT2D eigenvalue weighted by Gasteiger charge is -2.33. The lowest BCUT2D eigenvalue weighted by Crippen LogP contribution is -2.37. The molecule has 1 aromatic rings. The Hall–Kier alpha value is -2.15. The molecule has 24 heavy (non-hydrogen) atoms. The molecule has 0 radical (unpaired) electrons. The van der Waals surface area contributed by atoms with Crippen LogP contribution < -0.4 is 10.2 Å². The van der Waals surface area contributed by atoms with Gasteiger partial charge in [-0.05, 0) is 44.7 Å². The number of carbonyl (C=O) groups is 1. The van der Waals surface area contributed by atoms with Gasteiger partial charge in [0.15, 0.2) is 0 Å². The van der Waals surface area contributed by atoms with Crippen LogP contribution in [0.4, 0.5) is 11.4 Å². The van der Waals surface area contributed by atoms with E-state index in [0.29, 0.717) is 17.9 Å². The molecular formula is C17H23N3O4. The molecule has 1 N–H and O–H groups in total. The third kappa shape index (κ3) is 3.84. The zero-order chi connectivity index (χ0) is 17.1. The largest absolute Gasteiger partial charge is 0.378 e. The molecule has 7 nitrogen and oxygen atoms in total. The highest BCUT2D eigenvalue weighted by Crippen LogP contribution is 2.32. The molecule has 1 heterocycles. The maximum absolute atomic E-state index is 12.1. The number of rotatable bonds is 6. The van der Waals surface area contributed by atoms with Crippen LogP contribution in [0.15, 0.2) is 18.2 Å². The van der Waals surface area contributed by atoms with E-state index < -0.39 is 4.92 Å². The molecule has 1 aliphatic carbocycles. The first-order chi connectivity index (χ1) is 11.6. The molecule has 1 aromatic carbocycles. The maximum Gasteiger partial charge on any atom is 0.293 e. The van der Waals surface area contributed by atoms with Gasteiger partial charge in [-0.2, -0.15) is 0 Å². The third-order valence-corrected chi connectivity index (χ3v) is 4.53. The molecule has 2 fully saturated rings. The van der Waals surface area contributed by atoms with Crippen molar-refractivity contribution in [2.75, 3.05) is 24.6 Å². The first-order valence-electron chi connectivity index (χ1n) is 8.54. The van der Waals surface area contributed by atoms with E-state index in [1.807, 2.05) is 11.8 Å². The van der Waals surface area contributed by atoms with Crippen LogP contribution in [-0.2, 0) is 4.74 Å². The molecule has 2 aliphatic rings. The number of nitrogens with one attached hydrogen (secondary N) is 1. The van der Waals surface area contributed by atoms with Crippen molar-refractivity contribution in [3.63, 3.8) is 0 Å². The van der Waals surface area contributed by atoms with Crippen molar-refractivity contribution < 1.29 is 14.5 Å². The number of hydrogen-bond donors (Lipinski definition) is 1. The summed E-state index contributed by atoms with van der Waals surface area (Å²) >= 11 is 0. The van der Waals surface area contributed by atoms with Gasteiger partial charge in [0.2, 0.25) is 0 Å². The predicted octanol–water partition coefficient (Wildman–Crippen LogP) is 2.49. The predicted molar refractivity (Wildman–Crippen MR) is 90.4 cm³/mol. The number of nitro groups is 1. The van der Waals surface area contributed by atoms with Gasteiger partial charge in [0.05, 0.1) is 11.0 Å². The number of piperidine rings is 1. The first kappa shape index (κ1) is 16.7. The van der Waals surface area contributed by atoms with Crippen molar-refractivity contribution in [1.29, 1.82) is 0 Å². The second-order valence-corrected chi connectivity index (χ2v) is 6.35. The van der Waals surface area contributed by atoms with E-state index in [1.54, 1.807) is 12.1 Å². The standard InChI is InChI=1S/C17H23N3O4/c1-2-24-14-7-9-19(10-8-14)15-6-3-12(11-16(15)20(22)23)17(21)18-13-4-5-13/h3,6,11,13-14H,2,4-5,7-10H2,1H3,(H,18,21). The lowest BCUT2D eigenvalue weighted by atomic mass is 10.1. The van der Waals surface area contributed by atoms with E-state index in [0.717, 1.165) is 38.8 Å². The third-order valence-electron chi connectivity index (χ3n) is 4.53.